The molecule has 0 spiro atoms. The molecule has 2 N–H and O–H groups in total. The standard InChI is InChI=1S/C16H15N/c17-10-5-6-14-13-7-8-15(16(14)9-10)12-4-2-1-3-11(12)13/h1-6,9,13,15H,7-8,17H2. The molecule has 2 aromatic rings. The van der Waals surface area contributed by atoms with Crippen molar-refractivity contribution in [2.45, 2.75) is 24.7 Å². The van der Waals surface area contributed by atoms with Crippen LogP contribution in [0.4, 0.5) is 5.69 Å². The van der Waals surface area contributed by atoms with Gasteiger partial charge in [0, 0.05) is 17.5 Å². The lowest BCUT2D eigenvalue weighted by Gasteiger charge is -2.40. The van der Waals surface area contributed by atoms with E-state index in [4.69, 9.17) is 5.73 Å². The van der Waals surface area contributed by atoms with Crippen LogP contribution in [0.15, 0.2) is 42.5 Å². The Morgan fingerprint density at radius 3 is 2.06 bits per heavy atom. The molecule has 0 fully saturated rings. The molecule has 2 aromatic carbocycles. The largest absolute Gasteiger partial charge is 0.399 e. The first kappa shape index (κ1) is 9.29. The van der Waals surface area contributed by atoms with Crippen molar-refractivity contribution in [2.75, 3.05) is 5.73 Å². The van der Waals surface area contributed by atoms with Gasteiger partial charge < -0.3 is 5.73 Å². The molecule has 0 saturated heterocycles. The number of nitrogen functional groups attached to an aromatic ring is 1. The lowest BCUT2D eigenvalue weighted by molar-refractivity contribution is 0.520. The molecule has 0 aromatic heterocycles. The zero-order valence-electron chi connectivity index (χ0n) is 9.69. The van der Waals surface area contributed by atoms with E-state index in [1.54, 1.807) is 5.56 Å². The summed E-state index contributed by atoms with van der Waals surface area (Å²) in [5.74, 6) is 1.18. The Bertz CT molecular complexity index is 600. The molecule has 1 nitrogen and oxygen atoms in total. The van der Waals surface area contributed by atoms with Gasteiger partial charge in [0.1, 0.15) is 0 Å². The molecule has 1 heteroatoms. The van der Waals surface area contributed by atoms with Crippen LogP contribution in [0, 0.1) is 0 Å². The first-order valence-corrected chi connectivity index (χ1v) is 6.33. The van der Waals surface area contributed by atoms with Crippen molar-refractivity contribution >= 4 is 5.69 Å². The van der Waals surface area contributed by atoms with E-state index >= 15 is 0 Å². The molecule has 5 rings (SSSR count). The molecule has 3 aliphatic rings. The van der Waals surface area contributed by atoms with Crippen LogP contribution in [0.5, 0.6) is 0 Å². The number of benzene rings is 2. The van der Waals surface area contributed by atoms with E-state index in [-0.39, 0.29) is 0 Å². The maximum Gasteiger partial charge on any atom is 0.0317 e. The summed E-state index contributed by atoms with van der Waals surface area (Å²) in [5, 5.41) is 0. The van der Waals surface area contributed by atoms with Gasteiger partial charge in [0.25, 0.3) is 0 Å². The van der Waals surface area contributed by atoms with Crippen LogP contribution in [0.25, 0.3) is 0 Å². The number of fused-ring (bicyclic) bond motifs is 1. The van der Waals surface area contributed by atoms with E-state index in [2.05, 4.69) is 36.4 Å². The Kier molecular flexibility index (Phi) is 1.71. The van der Waals surface area contributed by atoms with Crippen LogP contribution >= 0.6 is 0 Å². The van der Waals surface area contributed by atoms with Crippen molar-refractivity contribution in [3.63, 3.8) is 0 Å². The zero-order valence-corrected chi connectivity index (χ0v) is 9.69. The highest BCUT2D eigenvalue weighted by atomic mass is 14.5. The molecular weight excluding hydrogens is 206 g/mol. The monoisotopic (exact) mass is 221 g/mol. The average Bonchev–Trinajstić information content (AvgIpc) is 2.39. The van der Waals surface area contributed by atoms with Gasteiger partial charge in [0.2, 0.25) is 0 Å². The third-order valence-corrected chi connectivity index (χ3v) is 4.35. The number of anilines is 1. The Morgan fingerprint density at radius 2 is 1.35 bits per heavy atom. The quantitative estimate of drug-likeness (QED) is 0.675. The first-order chi connectivity index (χ1) is 8.34. The first-order valence-electron chi connectivity index (χ1n) is 6.33. The average molecular weight is 221 g/mol. The summed E-state index contributed by atoms with van der Waals surface area (Å²) < 4.78 is 0. The number of rotatable bonds is 0. The van der Waals surface area contributed by atoms with E-state index in [0.29, 0.717) is 11.8 Å². The summed E-state index contributed by atoms with van der Waals surface area (Å²) in [6, 6.07) is 15.4. The van der Waals surface area contributed by atoms with E-state index in [0.717, 1.165) is 5.69 Å². The lowest BCUT2D eigenvalue weighted by Crippen LogP contribution is -2.24. The highest BCUT2D eigenvalue weighted by molar-refractivity contribution is 5.58. The lowest BCUT2D eigenvalue weighted by atomic mass is 9.64. The van der Waals surface area contributed by atoms with Gasteiger partial charge >= 0.3 is 0 Å². The van der Waals surface area contributed by atoms with E-state index in [9.17, 15) is 0 Å². The molecule has 0 saturated carbocycles. The smallest absolute Gasteiger partial charge is 0.0317 e. The molecular formula is C16H15N. The molecule has 17 heavy (non-hydrogen) atoms. The number of nitrogens with two attached hydrogens (primary N) is 1. The van der Waals surface area contributed by atoms with Gasteiger partial charge in [-0.1, -0.05) is 30.3 Å². The Morgan fingerprint density at radius 1 is 0.765 bits per heavy atom. The molecule has 2 unspecified atom stereocenters. The van der Waals surface area contributed by atoms with Crippen LogP contribution in [0.1, 0.15) is 46.9 Å². The van der Waals surface area contributed by atoms with E-state index in [1.807, 2.05) is 6.07 Å². The second-order valence-electron chi connectivity index (χ2n) is 5.20. The second kappa shape index (κ2) is 3.13. The topological polar surface area (TPSA) is 26.0 Å². The Balaban J connectivity index is 2.01. The molecule has 0 aliphatic heterocycles. The van der Waals surface area contributed by atoms with Gasteiger partial charge in [0.15, 0.2) is 0 Å². The minimum atomic E-state index is 0.578. The summed E-state index contributed by atoms with van der Waals surface area (Å²) in [5.41, 5.74) is 12.9. The Labute approximate surface area is 101 Å². The van der Waals surface area contributed by atoms with Crippen molar-refractivity contribution < 1.29 is 0 Å². The molecule has 0 radical (unpaired) electrons. The fraction of sp³-hybridized carbons (Fsp3) is 0.250. The van der Waals surface area contributed by atoms with Crippen molar-refractivity contribution in [3.8, 4) is 0 Å². The molecule has 0 amide bonds. The summed E-state index contributed by atoms with van der Waals surface area (Å²) >= 11 is 0. The molecule has 3 aliphatic carbocycles. The van der Waals surface area contributed by atoms with E-state index in [1.165, 1.54) is 29.5 Å². The third-order valence-electron chi connectivity index (χ3n) is 4.35. The van der Waals surface area contributed by atoms with Crippen molar-refractivity contribution in [1.29, 1.82) is 0 Å². The van der Waals surface area contributed by atoms with Crippen LogP contribution in [-0.4, -0.2) is 0 Å². The van der Waals surface area contributed by atoms with Gasteiger partial charge in [-0.3, -0.25) is 0 Å². The predicted molar refractivity (Wildman–Crippen MR) is 70.2 cm³/mol. The SMILES string of the molecule is Nc1ccc2c(c1)C1CCC2c2ccccc21. The fourth-order valence-electron chi connectivity index (χ4n) is 3.65. The maximum absolute atomic E-state index is 5.93. The third kappa shape index (κ3) is 1.14. The minimum Gasteiger partial charge on any atom is -0.399 e. The molecule has 84 valence electrons. The Hall–Kier alpha value is -1.76. The fourth-order valence-corrected chi connectivity index (χ4v) is 3.65. The summed E-state index contributed by atoms with van der Waals surface area (Å²) in [7, 11) is 0. The summed E-state index contributed by atoms with van der Waals surface area (Å²) in [4.78, 5) is 0. The van der Waals surface area contributed by atoms with Crippen LogP contribution < -0.4 is 5.73 Å². The van der Waals surface area contributed by atoms with E-state index < -0.39 is 0 Å². The normalized spacial score (nSPS) is 24.2. The zero-order chi connectivity index (χ0) is 11.4. The van der Waals surface area contributed by atoms with Gasteiger partial charge in [-0.25, -0.2) is 0 Å². The van der Waals surface area contributed by atoms with Gasteiger partial charge in [-0.05, 0) is 47.2 Å². The molecule has 2 atom stereocenters. The predicted octanol–water partition coefficient (Wildman–Crippen LogP) is 3.64. The summed E-state index contributed by atoms with van der Waals surface area (Å²) in [6.45, 7) is 0. The maximum atomic E-state index is 5.93. The van der Waals surface area contributed by atoms with Gasteiger partial charge in [0.05, 0.1) is 0 Å². The van der Waals surface area contributed by atoms with Crippen molar-refractivity contribution in [2.24, 2.45) is 0 Å². The van der Waals surface area contributed by atoms with Gasteiger partial charge in [-0.15, -0.1) is 0 Å². The second-order valence-corrected chi connectivity index (χ2v) is 5.20. The molecule has 2 bridgehead atoms. The van der Waals surface area contributed by atoms with Crippen LogP contribution in [0.3, 0.4) is 0 Å². The van der Waals surface area contributed by atoms with Crippen LogP contribution in [0.2, 0.25) is 0 Å². The van der Waals surface area contributed by atoms with Crippen molar-refractivity contribution in [1.82, 2.24) is 0 Å². The highest BCUT2D eigenvalue weighted by Crippen LogP contribution is 2.52. The number of hydrogen-bond acceptors (Lipinski definition) is 1. The highest BCUT2D eigenvalue weighted by Gasteiger charge is 2.36. The number of hydrogen-bond donors (Lipinski definition) is 1. The van der Waals surface area contributed by atoms with Gasteiger partial charge in [-0.2, -0.15) is 0 Å². The summed E-state index contributed by atoms with van der Waals surface area (Å²) in [6.07, 6.45) is 2.57. The van der Waals surface area contributed by atoms with Crippen LogP contribution in [-0.2, 0) is 0 Å². The van der Waals surface area contributed by atoms with Crippen molar-refractivity contribution in [3.05, 3.63) is 64.7 Å². The minimum absolute atomic E-state index is 0.578. The molecule has 0 heterocycles.